The summed E-state index contributed by atoms with van der Waals surface area (Å²) in [5, 5.41) is 0. The first-order valence-corrected chi connectivity index (χ1v) is 9.06. The van der Waals surface area contributed by atoms with E-state index in [1.54, 1.807) is 30.2 Å². The Bertz CT molecular complexity index is 855. The van der Waals surface area contributed by atoms with Crippen LogP contribution in [-0.4, -0.2) is 32.0 Å². The number of allylic oxidation sites excluding steroid dienone is 1. The molecule has 0 spiro atoms. The number of hydrogen-bond donors (Lipinski definition) is 0. The number of carbonyl (C=O) groups is 2. The van der Waals surface area contributed by atoms with Gasteiger partial charge in [-0.1, -0.05) is 12.1 Å². The molecule has 1 aliphatic rings. The van der Waals surface area contributed by atoms with Crippen LogP contribution in [0.1, 0.15) is 35.7 Å². The van der Waals surface area contributed by atoms with Gasteiger partial charge in [0.25, 0.3) is 0 Å². The van der Waals surface area contributed by atoms with Crippen molar-refractivity contribution in [3.63, 3.8) is 0 Å². The normalized spacial score (nSPS) is 14.0. The minimum absolute atomic E-state index is 0.0944. The number of ketones is 1. The predicted octanol–water partition coefficient (Wildman–Crippen LogP) is 4.12. The fourth-order valence-corrected chi connectivity index (χ4v) is 3.06. The highest BCUT2D eigenvalue weighted by atomic mass is 16.5. The molecule has 0 N–H and O–H groups in total. The molecular formula is C22H23NO4. The van der Waals surface area contributed by atoms with Gasteiger partial charge in [-0.25, -0.2) is 0 Å². The van der Waals surface area contributed by atoms with E-state index in [0.717, 1.165) is 24.2 Å². The van der Waals surface area contributed by atoms with E-state index in [-0.39, 0.29) is 11.7 Å². The third kappa shape index (κ3) is 4.37. The molecule has 1 fully saturated rings. The van der Waals surface area contributed by atoms with Gasteiger partial charge in [-0.3, -0.25) is 9.59 Å². The maximum atomic E-state index is 12.4. The van der Waals surface area contributed by atoms with Crippen molar-refractivity contribution in [2.24, 2.45) is 0 Å². The Balaban J connectivity index is 1.71. The predicted molar refractivity (Wildman–Crippen MR) is 106 cm³/mol. The molecule has 0 saturated carbocycles. The Hall–Kier alpha value is -3.08. The average molecular weight is 365 g/mol. The van der Waals surface area contributed by atoms with Crippen LogP contribution >= 0.6 is 0 Å². The number of rotatable bonds is 7. The van der Waals surface area contributed by atoms with Gasteiger partial charge in [0, 0.05) is 24.2 Å². The van der Waals surface area contributed by atoms with E-state index in [2.05, 4.69) is 0 Å². The molecule has 0 bridgehead atoms. The van der Waals surface area contributed by atoms with Crippen LogP contribution in [0.2, 0.25) is 0 Å². The Morgan fingerprint density at radius 3 is 2.56 bits per heavy atom. The second-order valence-electron chi connectivity index (χ2n) is 6.24. The SMILES string of the molecule is CCOc1cc(/C=C/C(=O)c2ccc(N3CCCC3=O)cc2)ccc1OC. The summed E-state index contributed by atoms with van der Waals surface area (Å²) >= 11 is 0. The Morgan fingerprint density at radius 2 is 1.93 bits per heavy atom. The van der Waals surface area contributed by atoms with Crippen molar-refractivity contribution in [1.82, 2.24) is 0 Å². The van der Waals surface area contributed by atoms with Crippen LogP contribution in [0.4, 0.5) is 5.69 Å². The second-order valence-corrected chi connectivity index (χ2v) is 6.24. The lowest BCUT2D eigenvalue weighted by Gasteiger charge is -2.15. The van der Waals surface area contributed by atoms with Crippen molar-refractivity contribution in [3.8, 4) is 11.5 Å². The first-order chi connectivity index (χ1) is 13.1. The third-order valence-corrected chi connectivity index (χ3v) is 4.45. The van der Waals surface area contributed by atoms with Crippen LogP contribution in [0.15, 0.2) is 48.5 Å². The summed E-state index contributed by atoms with van der Waals surface area (Å²) in [6.07, 6.45) is 4.76. The standard InChI is InChI=1S/C22H23NO4/c1-3-27-21-15-16(7-13-20(21)26-2)6-12-19(24)17-8-10-18(11-9-17)23-14-4-5-22(23)25/h6-13,15H,3-5,14H2,1-2H3/b12-6+. The molecule has 1 amide bonds. The Morgan fingerprint density at radius 1 is 1.15 bits per heavy atom. The molecule has 0 aliphatic carbocycles. The maximum absolute atomic E-state index is 12.4. The maximum Gasteiger partial charge on any atom is 0.227 e. The van der Waals surface area contributed by atoms with E-state index in [1.807, 2.05) is 37.3 Å². The monoisotopic (exact) mass is 365 g/mol. The quantitative estimate of drug-likeness (QED) is 0.547. The number of methoxy groups -OCH3 is 1. The molecule has 5 nitrogen and oxygen atoms in total. The molecule has 140 valence electrons. The van der Waals surface area contributed by atoms with Crippen molar-refractivity contribution in [1.29, 1.82) is 0 Å². The molecule has 27 heavy (non-hydrogen) atoms. The van der Waals surface area contributed by atoms with E-state index >= 15 is 0 Å². The van der Waals surface area contributed by atoms with Crippen LogP contribution < -0.4 is 14.4 Å². The van der Waals surface area contributed by atoms with E-state index < -0.39 is 0 Å². The van der Waals surface area contributed by atoms with Gasteiger partial charge in [0.05, 0.1) is 13.7 Å². The summed E-state index contributed by atoms with van der Waals surface area (Å²) in [7, 11) is 1.59. The topological polar surface area (TPSA) is 55.8 Å². The molecule has 2 aromatic rings. The Kier molecular flexibility index (Phi) is 5.91. The van der Waals surface area contributed by atoms with E-state index in [9.17, 15) is 9.59 Å². The molecule has 3 rings (SSSR count). The van der Waals surface area contributed by atoms with Crippen LogP contribution in [0.5, 0.6) is 11.5 Å². The molecule has 1 saturated heterocycles. The average Bonchev–Trinajstić information content (AvgIpc) is 3.12. The van der Waals surface area contributed by atoms with E-state index in [4.69, 9.17) is 9.47 Å². The van der Waals surface area contributed by atoms with Crippen molar-refractivity contribution < 1.29 is 19.1 Å². The first-order valence-electron chi connectivity index (χ1n) is 9.06. The Labute approximate surface area is 159 Å². The minimum atomic E-state index is -0.0944. The van der Waals surface area contributed by atoms with Gasteiger partial charge in [0.15, 0.2) is 17.3 Å². The number of nitrogens with zero attached hydrogens (tertiary/aromatic N) is 1. The largest absolute Gasteiger partial charge is 0.493 e. The van der Waals surface area contributed by atoms with Gasteiger partial charge in [-0.15, -0.1) is 0 Å². The molecule has 0 aromatic heterocycles. The van der Waals surface area contributed by atoms with Crippen LogP contribution in [0.25, 0.3) is 6.08 Å². The summed E-state index contributed by atoms with van der Waals surface area (Å²) in [5.74, 6) is 1.35. The van der Waals surface area contributed by atoms with Crippen LogP contribution in [0.3, 0.4) is 0 Å². The van der Waals surface area contributed by atoms with Crippen molar-refractivity contribution in [2.45, 2.75) is 19.8 Å². The number of carbonyl (C=O) groups excluding carboxylic acids is 2. The molecule has 2 aromatic carbocycles. The van der Waals surface area contributed by atoms with Gasteiger partial charge in [0.2, 0.25) is 5.91 Å². The van der Waals surface area contributed by atoms with Crippen molar-refractivity contribution in [3.05, 3.63) is 59.7 Å². The number of anilines is 1. The van der Waals surface area contributed by atoms with Crippen molar-refractivity contribution >= 4 is 23.5 Å². The highest BCUT2D eigenvalue weighted by Gasteiger charge is 2.21. The molecule has 0 atom stereocenters. The molecule has 0 radical (unpaired) electrons. The lowest BCUT2D eigenvalue weighted by molar-refractivity contribution is -0.117. The molecule has 5 heteroatoms. The smallest absolute Gasteiger partial charge is 0.227 e. The summed E-state index contributed by atoms with van der Waals surface area (Å²) in [6, 6.07) is 12.7. The third-order valence-electron chi connectivity index (χ3n) is 4.45. The number of ether oxygens (including phenoxy) is 2. The van der Waals surface area contributed by atoms with Gasteiger partial charge < -0.3 is 14.4 Å². The van der Waals surface area contributed by atoms with E-state index in [1.165, 1.54) is 6.08 Å². The minimum Gasteiger partial charge on any atom is -0.493 e. The highest BCUT2D eigenvalue weighted by molar-refractivity contribution is 6.07. The number of amides is 1. The van der Waals surface area contributed by atoms with Gasteiger partial charge in [-0.05, 0) is 61.4 Å². The van der Waals surface area contributed by atoms with Crippen LogP contribution in [0, 0.1) is 0 Å². The number of benzene rings is 2. The van der Waals surface area contributed by atoms with Gasteiger partial charge in [0.1, 0.15) is 0 Å². The van der Waals surface area contributed by atoms with E-state index in [0.29, 0.717) is 30.1 Å². The first kappa shape index (κ1) is 18.7. The molecular weight excluding hydrogens is 342 g/mol. The zero-order valence-corrected chi connectivity index (χ0v) is 15.6. The molecule has 0 unspecified atom stereocenters. The highest BCUT2D eigenvalue weighted by Crippen LogP contribution is 2.28. The zero-order chi connectivity index (χ0) is 19.2. The van der Waals surface area contributed by atoms with Crippen LogP contribution in [-0.2, 0) is 4.79 Å². The van der Waals surface area contributed by atoms with Gasteiger partial charge in [-0.2, -0.15) is 0 Å². The molecule has 1 aliphatic heterocycles. The second kappa shape index (κ2) is 8.54. The molecule has 1 heterocycles. The lowest BCUT2D eigenvalue weighted by atomic mass is 10.1. The van der Waals surface area contributed by atoms with Crippen molar-refractivity contribution in [2.75, 3.05) is 25.2 Å². The number of hydrogen-bond acceptors (Lipinski definition) is 4. The summed E-state index contributed by atoms with van der Waals surface area (Å²) in [4.78, 5) is 26.0. The summed E-state index contributed by atoms with van der Waals surface area (Å²) < 4.78 is 10.8. The fourth-order valence-electron chi connectivity index (χ4n) is 3.06. The summed E-state index contributed by atoms with van der Waals surface area (Å²) in [6.45, 7) is 3.19. The fraction of sp³-hybridized carbons (Fsp3) is 0.273. The lowest BCUT2D eigenvalue weighted by Crippen LogP contribution is -2.23. The van der Waals surface area contributed by atoms with Gasteiger partial charge >= 0.3 is 0 Å². The summed E-state index contributed by atoms with van der Waals surface area (Å²) in [5.41, 5.74) is 2.28. The zero-order valence-electron chi connectivity index (χ0n) is 15.6.